The molecular weight excluding hydrogens is 378 g/mol. The standard InChI is InChI=1S/C20H21N3O4S/c1-23(2)14-7-5-13(6-8-14)22-20(26)19(25)21-12-15-9-10-17(28-15)18(24)16-4-3-11-27-16/h3-11,18,24H,12H2,1-2H3,(H,21,25)(H,22,26). The molecular formula is C20H21N3O4S. The Balaban J connectivity index is 1.51. The Hall–Kier alpha value is -3.10. The molecule has 0 spiro atoms. The largest absolute Gasteiger partial charge is 0.466 e. The van der Waals surface area contributed by atoms with Crippen LogP contribution in [0.3, 0.4) is 0 Å². The third kappa shape index (κ3) is 4.79. The summed E-state index contributed by atoms with van der Waals surface area (Å²) in [7, 11) is 3.84. The lowest BCUT2D eigenvalue weighted by atomic mass is 10.2. The SMILES string of the molecule is CN(C)c1ccc(NC(=O)C(=O)NCc2ccc(C(O)c3ccco3)s2)cc1. The second-order valence-corrected chi connectivity index (χ2v) is 7.50. The van der Waals surface area contributed by atoms with Crippen LogP contribution in [0.15, 0.2) is 59.2 Å². The first-order valence-electron chi connectivity index (χ1n) is 8.60. The van der Waals surface area contributed by atoms with Crippen molar-refractivity contribution in [2.45, 2.75) is 12.6 Å². The molecule has 0 aliphatic rings. The van der Waals surface area contributed by atoms with Crippen LogP contribution in [-0.2, 0) is 16.1 Å². The summed E-state index contributed by atoms with van der Waals surface area (Å²) in [5.74, 6) is -1.000. The highest BCUT2D eigenvalue weighted by Gasteiger charge is 2.17. The monoisotopic (exact) mass is 399 g/mol. The molecule has 1 aromatic carbocycles. The summed E-state index contributed by atoms with van der Waals surface area (Å²) in [5.41, 5.74) is 1.54. The molecule has 146 valence electrons. The number of thiophene rings is 1. The number of nitrogens with one attached hydrogen (secondary N) is 2. The van der Waals surface area contributed by atoms with E-state index < -0.39 is 17.9 Å². The lowest BCUT2D eigenvalue weighted by Gasteiger charge is -2.13. The van der Waals surface area contributed by atoms with E-state index in [1.165, 1.54) is 17.6 Å². The summed E-state index contributed by atoms with van der Waals surface area (Å²) in [6.07, 6.45) is 0.651. The zero-order valence-corrected chi connectivity index (χ0v) is 16.3. The van der Waals surface area contributed by atoms with E-state index in [0.29, 0.717) is 16.3 Å². The fraction of sp³-hybridized carbons (Fsp3) is 0.200. The van der Waals surface area contributed by atoms with Gasteiger partial charge in [0.1, 0.15) is 11.9 Å². The smallest absolute Gasteiger partial charge is 0.313 e. The van der Waals surface area contributed by atoms with Crippen LogP contribution in [0.5, 0.6) is 0 Å². The maximum absolute atomic E-state index is 12.0. The molecule has 3 N–H and O–H groups in total. The Kier molecular flexibility index (Phi) is 6.13. The third-order valence-corrected chi connectivity index (χ3v) is 5.17. The minimum atomic E-state index is -0.849. The summed E-state index contributed by atoms with van der Waals surface area (Å²) in [5, 5.41) is 15.4. The number of aliphatic hydroxyl groups excluding tert-OH is 1. The molecule has 0 saturated heterocycles. The molecule has 3 rings (SSSR count). The number of carbonyl (C=O) groups is 2. The van der Waals surface area contributed by atoms with Crippen molar-refractivity contribution < 1.29 is 19.1 Å². The molecule has 2 aromatic heterocycles. The van der Waals surface area contributed by atoms with Crippen molar-refractivity contribution in [3.05, 3.63) is 70.3 Å². The molecule has 0 fully saturated rings. The van der Waals surface area contributed by atoms with Crippen molar-refractivity contribution >= 4 is 34.5 Å². The van der Waals surface area contributed by atoms with Crippen molar-refractivity contribution in [1.82, 2.24) is 5.32 Å². The van der Waals surface area contributed by atoms with Crippen LogP contribution in [0.1, 0.15) is 21.6 Å². The van der Waals surface area contributed by atoms with Crippen molar-refractivity contribution in [3.8, 4) is 0 Å². The highest BCUT2D eigenvalue weighted by Crippen LogP contribution is 2.28. The van der Waals surface area contributed by atoms with Gasteiger partial charge >= 0.3 is 11.8 Å². The lowest BCUT2D eigenvalue weighted by molar-refractivity contribution is -0.136. The first-order chi connectivity index (χ1) is 13.4. The predicted molar refractivity (Wildman–Crippen MR) is 108 cm³/mol. The van der Waals surface area contributed by atoms with Crippen LogP contribution >= 0.6 is 11.3 Å². The van der Waals surface area contributed by atoms with Crippen LogP contribution in [0.25, 0.3) is 0 Å². The second kappa shape index (κ2) is 8.73. The van der Waals surface area contributed by atoms with Crippen LogP contribution in [0.4, 0.5) is 11.4 Å². The number of hydrogen-bond acceptors (Lipinski definition) is 6. The van der Waals surface area contributed by atoms with Gasteiger partial charge in [0.15, 0.2) is 0 Å². The Morgan fingerprint density at radius 1 is 1.11 bits per heavy atom. The minimum Gasteiger partial charge on any atom is -0.466 e. The number of amides is 2. The zero-order valence-electron chi connectivity index (χ0n) is 15.5. The first kappa shape index (κ1) is 19.7. The molecule has 0 bridgehead atoms. The summed E-state index contributed by atoms with van der Waals surface area (Å²) >= 11 is 1.34. The fourth-order valence-electron chi connectivity index (χ4n) is 2.50. The van der Waals surface area contributed by atoms with Gasteiger partial charge in [0.05, 0.1) is 12.8 Å². The van der Waals surface area contributed by atoms with Gasteiger partial charge in [0.25, 0.3) is 0 Å². The van der Waals surface area contributed by atoms with Crippen LogP contribution < -0.4 is 15.5 Å². The van der Waals surface area contributed by atoms with Crippen molar-refractivity contribution in [2.75, 3.05) is 24.3 Å². The Labute approximate surface area is 166 Å². The molecule has 0 radical (unpaired) electrons. The van der Waals surface area contributed by atoms with Gasteiger partial charge in [-0.1, -0.05) is 0 Å². The number of carbonyl (C=O) groups excluding carboxylic acids is 2. The van der Waals surface area contributed by atoms with E-state index in [2.05, 4.69) is 10.6 Å². The fourth-order valence-corrected chi connectivity index (χ4v) is 3.45. The number of aliphatic hydroxyl groups is 1. The topological polar surface area (TPSA) is 94.8 Å². The molecule has 7 nitrogen and oxygen atoms in total. The third-order valence-electron chi connectivity index (χ3n) is 4.04. The molecule has 8 heteroatoms. The lowest BCUT2D eigenvalue weighted by Crippen LogP contribution is -2.34. The van der Waals surface area contributed by atoms with E-state index >= 15 is 0 Å². The maximum atomic E-state index is 12.0. The molecule has 2 heterocycles. The predicted octanol–water partition coefficient (Wildman–Crippen LogP) is 2.74. The molecule has 0 aliphatic heterocycles. The highest BCUT2D eigenvalue weighted by atomic mass is 32.1. The van der Waals surface area contributed by atoms with Gasteiger partial charge in [0.2, 0.25) is 0 Å². The quantitative estimate of drug-likeness (QED) is 0.554. The zero-order chi connectivity index (χ0) is 20.1. The molecule has 1 unspecified atom stereocenters. The van der Waals surface area contributed by atoms with Crippen molar-refractivity contribution in [1.29, 1.82) is 0 Å². The number of anilines is 2. The van der Waals surface area contributed by atoms with Gasteiger partial charge in [-0.25, -0.2) is 0 Å². The maximum Gasteiger partial charge on any atom is 0.313 e. The van der Waals surface area contributed by atoms with E-state index in [1.807, 2.05) is 31.1 Å². The average molecular weight is 399 g/mol. The number of benzene rings is 1. The molecule has 0 saturated carbocycles. The van der Waals surface area contributed by atoms with Crippen LogP contribution in [0, 0.1) is 0 Å². The normalized spacial score (nSPS) is 11.7. The molecule has 3 aromatic rings. The van der Waals surface area contributed by atoms with Gasteiger partial charge in [-0.2, -0.15) is 0 Å². The van der Waals surface area contributed by atoms with Crippen LogP contribution in [-0.4, -0.2) is 31.0 Å². The number of rotatable bonds is 6. The van der Waals surface area contributed by atoms with Crippen LogP contribution in [0.2, 0.25) is 0 Å². The van der Waals surface area contributed by atoms with E-state index in [9.17, 15) is 14.7 Å². The second-order valence-electron chi connectivity index (χ2n) is 6.30. The highest BCUT2D eigenvalue weighted by molar-refractivity contribution is 7.12. The molecule has 1 atom stereocenters. The van der Waals surface area contributed by atoms with Gasteiger partial charge < -0.3 is 25.1 Å². The Morgan fingerprint density at radius 3 is 2.50 bits per heavy atom. The number of furan rings is 1. The molecule has 0 aliphatic carbocycles. The molecule has 28 heavy (non-hydrogen) atoms. The number of nitrogens with zero attached hydrogens (tertiary/aromatic N) is 1. The summed E-state index contributed by atoms with van der Waals surface area (Å²) in [6, 6.07) is 14.2. The van der Waals surface area contributed by atoms with Crippen molar-refractivity contribution in [2.24, 2.45) is 0 Å². The number of hydrogen-bond donors (Lipinski definition) is 3. The Bertz CT molecular complexity index is 933. The van der Waals surface area contributed by atoms with Gasteiger partial charge in [-0.3, -0.25) is 9.59 Å². The minimum absolute atomic E-state index is 0.196. The average Bonchev–Trinajstić information content (AvgIpc) is 3.38. The van der Waals surface area contributed by atoms with E-state index in [-0.39, 0.29) is 6.54 Å². The summed E-state index contributed by atoms with van der Waals surface area (Å²) < 4.78 is 5.20. The Morgan fingerprint density at radius 2 is 1.86 bits per heavy atom. The van der Waals surface area contributed by atoms with E-state index in [1.54, 1.807) is 36.4 Å². The van der Waals surface area contributed by atoms with Crippen molar-refractivity contribution in [3.63, 3.8) is 0 Å². The molecule has 2 amide bonds. The van der Waals surface area contributed by atoms with E-state index in [0.717, 1.165) is 10.6 Å². The van der Waals surface area contributed by atoms with E-state index in [4.69, 9.17) is 4.42 Å². The van der Waals surface area contributed by atoms with Gasteiger partial charge in [-0.05, 0) is 48.5 Å². The van der Waals surface area contributed by atoms with Gasteiger partial charge in [-0.15, -0.1) is 11.3 Å². The first-order valence-corrected chi connectivity index (χ1v) is 9.42. The summed E-state index contributed by atoms with van der Waals surface area (Å²) in [6.45, 7) is 0.196. The summed E-state index contributed by atoms with van der Waals surface area (Å²) in [4.78, 5) is 27.5. The van der Waals surface area contributed by atoms with Gasteiger partial charge in [0, 0.05) is 35.2 Å².